The summed E-state index contributed by atoms with van der Waals surface area (Å²) in [6, 6.07) is 8.41. The minimum absolute atomic E-state index is 0.0568. The van der Waals surface area contributed by atoms with Gasteiger partial charge in [-0.1, -0.05) is 160 Å². The van der Waals surface area contributed by atoms with Crippen LogP contribution in [0.3, 0.4) is 0 Å². The van der Waals surface area contributed by atoms with Crippen molar-refractivity contribution in [3.63, 3.8) is 0 Å². The van der Waals surface area contributed by atoms with E-state index in [4.69, 9.17) is 9.79 Å². The number of hydrogen-bond acceptors (Lipinski definition) is 6. The summed E-state index contributed by atoms with van der Waals surface area (Å²) in [4.78, 5) is 18.5. The van der Waals surface area contributed by atoms with Crippen LogP contribution >= 0.6 is 0 Å². The molecule has 0 aromatic heterocycles. The summed E-state index contributed by atoms with van der Waals surface area (Å²) in [5, 5.41) is 15.8. The molecule has 7 unspecified atom stereocenters. The van der Waals surface area contributed by atoms with E-state index in [0.717, 1.165) is 47.2 Å². The fourth-order valence-corrected chi connectivity index (χ4v) is 6.41. The number of rotatable bonds is 22. The third-order valence-electron chi connectivity index (χ3n) is 11.0. The van der Waals surface area contributed by atoms with E-state index in [1.807, 2.05) is 58.2 Å². The Hall–Kier alpha value is -3.58. The van der Waals surface area contributed by atoms with E-state index in [0.29, 0.717) is 24.3 Å². The van der Waals surface area contributed by atoms with Gasteiger partial charge >= 0.3 is 0 Å². The molecule has 0 bridgehead atoms. The number of carbonyl (C=O) groups excluding carboxylic acids is 1. The zero-order valence-electron chi connectivity index (χ0n) is 43.3. The van der Waals surface area contributed by atoms with Crippen molar-refractivity contribution in [3.8, 4) is 5.75 Å². The molecule has 1 amide bonds. The number of aliphatic imine (C=N–C) groups is 1. The molecular formula is C54H101N5O2. The lowest BCUT2D eigenvalue weighted by molar-refractivity contribution is -0.109. The number of phenolic OH excluding ortho intramolecular Hbond substituents is 1. The van der Waals surface area contributed by atoms with Gasteiger partial charge in [-0.05, 0) is 100 Å². The molecule has 1 heterocycles. The van der Waals surface area contributed by atoms with Gasteiger partial charge in [-0.2, -0.15) is 0 Å². The standard InChI is InChI=1S/C37H61N3O.C7H13N.C4H10.C2H5NO.2C2H6/c1-13-16-17-26(4)18-19-28(6)31(9)38-25-29(7)32(10)39-36(24-34-20-22-35(41)23-21-34)30(8)33(11)40(12)37(15-3)27(5)14-2;1-3-7-5-4-6-8(7)2;1-4(2)3;1-3-2-4;2*1-2/h15,20-23,25-28,30,36-37,39,41H,3,10-11,13-14,16-19,24H2,1-2,4-9,12H3;3,7H,1,4-6H2,2H3;4H,1-3H3;2H,1H3,(H,3,4);2*1-2H3. The second kappa shape index (κ2) is 40.5. The molecule has 0 radical (unpaired) electrons. The lowest BCUT2D eigenvalue weighted by Gasteiger charge is -2.38. The third-order valence-corrected chi connectivity index (χ3v) is 11.0. The first-order valence-electron chi connectivity index (χ1n) is 23.8. The average molecular weight is 852 g/mol. The molecule has 354 valence electrons. The van der Waals surface area contributed by atoms with Crippen LogP contribution in [0.15, 0.2) is 90.9 Å². The van der Waals surface area contributed by atoms with Crippen LogP contribution < -0.4 is 10.6 Å². The van der Waals surface area contributed by atoms with E-state index >= 15 is 0 Å². The number of unbranched alkanes of at least 4 members (excludes halogenated alkanes) is 1. The number of nitrogens with zero attached hydrogens (tertiary/aromatic N) is 3. The third kappa shape index (κ3) is 31.0. The number of allylic oxidation sites excluding steroid dienone is 1. The molecule has 1 saturated heterocycles. The van der Waals surface area contributed by atoms with Crippen LogP contribution in [-0.4, -0.2) is 72.8 Å². The van der Waals surface area contributed by atoms with Crippen LogP contribution in [0.1, 0.15) is 161 Å². The fourth-order valence-electron chi connectivity index (χ4n) is 6.41. The molecule has 7 heteroatoms. The van der Waals surface area contributed by atoms with Crippen LogP contribution in [0.25, 0.3) is 0 Å². The van der Waals surface area contributed by atoms with Crippen molar-refractivity contribution in [1.82, 2.24) is 20.4 Å². The summed E-state index contributed by atoms with van der Waals surface area (Å²) in [6.07, 6.45) is 17.5. The SMILES string of the molecule is C=CC(C(C)CC)N(C)C(=C)C(C)C(Cc1ccc(O)cc1)NC(=C)C(C)=CN=C(C)C(C)CCC(C)CCCC.C=CC1CCCN1C.CC.CC.CC(C)C.CNC=O. The number of aromatic hydroxyl groups is 1. The topological polar surface area (TPSA) is 80.2 Å². The van der Waals surface area contributed by atoms with Gasteiger partial charge in [0.2, 0.25) is 6.41 Å². The van der Waals surface area contributed by atoms with Gasteiger partial charge in [0.25, 0.3) is 0 Å². The highest BCUT2D eigenvalue weighted by atomic mass is 16.3. The van der Waals surface area contributed by atoms with Crippen molar-refractivity contribution in [2.24, 2.45) is 34.6 Å². The molecule has 1 aliphatic heterocycles. The molecule has 7 atom stereocenters. The lowest BCUT2D eigenvalue weighted by atomic mass is 9.89. The fraction of sp³-hybridized carbons (Fsp3) is 0.667. The second-order valence-corrected chi connectivity index (χ2v) is 17.0. The predicted octanol–water partition coefficient (Wildman–Crippen LogP) is 14.0. The van der Waals surface area contributed by atoms with Gasteiger partial charge in [0.1, 0.15) is 5.75 Å². The Balaban J connectivity index is -0.000000667. The number of likely N-dealkylation sites (N-methyl/N-ethyl adjacent to an activating group) is 2. The summed E-state index contributed by atoms with van der Waals surface area (Å²) in [6.45, 7) is 50.4. The smallest absolute Gasteiger partial charge is 0.206 e. The monoisotopic (exact) mass is 852 g/mol. The number of phenols is 1. The van der Waals surface area contributed by atoms with Crippen molar-refractivity contribution in [1.29, 1.82) is 0 Å². The largest absolute Gasteiger partial charge is 0.508 e. The highest BCUT2D eigenvalue weighted by Crippen LogP contribution is 2.27. The molecular weight excluding hydrogens is 751 g/mol. The summed E-state index contributed by atoms with van der Waals surface area (Å²) < 4.78 is 0. The maximum atomic E-state index is 9.80. The summed E-state index contributed by atoms with van der Waals surface area (Å²) in [7, 11) is 5.84. The highest BCUT2D eigenvalue weighted by molar-refractivity contribution is 5.84. The second-order valence-electron chi connectivity index (χ2n) is 17.0. The Bertz CT molecular complexity index is 1310. The Labute approximate surface area is 380 Å². The minimum Gasteiger partial charge on any atom is -0.508 e. The number of likely N-dealkylation sites (tertiary alicyclic amines) is 1. The Morgan fingerprint density at radius 2 is 1.51 bits per heavy atom. The first-order chi connectivity index (χ1) is 28.8. The van der Waals surface area contributed by atoms with Crippen LogP contribution in [0, 0.1) is 29.6 Å². The summed E-state index contributed by atoms with van der Waals surface area (Å²) in [5.74, 6) is 2.96. The summed E-state index contributed by atoms with van der Waals surface area (Å²) in [5.41, 5.74) is 5.28. The molecule has 0 aliphatic carbocycles. The Morgan fingerprint density at radius 1 is 0.967 bits per heavy atom. The summed E-state index contributed by atoms with van der Waals surface area (Å²) >= 11 is 0. The molecule has 7 nitrogen and oxygen atoms in total. The van der Waals surface area contributed by atoms with E-state index in [-0.39, 0.29) is 23.8 Å². The number of carbonyl (C=O) groups is 1. The van der Waals surface area contributed by atoms with E-state index in [1.165, 1.54) is 57.2 Å². The zero-order valence-corrected chi connectivity index (χ0v) is 43.3. The maximum absolute atomic E-state index is 9.80. The Kier molecular flexibility index (Phi) is 42.5. The zero-order chi connectivity index (χ0) is 48.1. The maximum Gasteiger partial charge on any atom is 0.206 e. The molecule has 3 N–H and O–H groups in total. The van der Waals surface area contributed by atoms with E-state index in [1.54, 1.807) is 19.2 Å². The quantitative estimate of drug-likeness (QED) is 0.0469. The van der Waals surface area contributed by atoms with Gasteiger partial charge in [-0.25, -0.2) is 0 Å². The number of hydrogen-bond donors (Lipinski definition) is 3. The molecule has 61 heavy (non-hydrogen) atoms. The first-order valence-corrected chi connectivity index (χ1v) is 23.8. The normalized spacial score (nSPS) is 16.4. The molecule has 1 aromatic carbocycles. The molecule has 2 rings (SSSR count). The number of benzene rings is 1. The highest BCUT2D eigenvalue weighted by Gasteiger charge is 2.27. The van der Waals surface area contributed by atoms with Gasteiger partial charge in [0, 0.05) is 61.4 Å². The van der Waals surface area contributed by atoms with Crippen molar-refractivity contribution in [2.45, 2.75) is 180 Å². The molecule has 0 saturated carbocycles. The van der Waals surface area contributed by atoms with E-state index < -0.39 is 0 Å². The molecule has 0 spiro atoms. The molecule has 1 aliphatic rings. The Morgan fingerprint density at radius 3 is 1.92 bits per heavy atom. The minimum atomic E-state index is 0.0568. The van der Waals surface area contributed by atoms with Crippen LogP contribution in [-0.2, 0) is 11.2 Å². The van der Waals surface area contributed by atoms with Gasteiger partial charge in [0.05, 0.1) is 0 Å². The van der Waals surface area contributed by atoms with E-state index in [2.05, 4.69) is 137 Å². The molecule has 1 fully saturated rings. The van der Waals surface area contributed by atoms with Crippen LogP contribution in [0.5, 0.6) is 5.75 Å². The first kappa shape index (κ1) is 64.1. The van der Waals surface area contributed by atoms with Crippen LogP contribution in [0.4, 0.5) is 0 Å². The van der Waals surface area contributed by atoms with Crippen molar-refractivity contribution in [3.05, 3.63) is 91.5 Å². The number of nitrogens with one attached hydrogen (secondary N) is 2. The predicted molar refractivity (Wildman–Crippen MR) is 276 cm³/mol. The van der Waals surface area contributed by atoms with Crippen molar-refractivity contribution >= 4 is 12.1 Å². The average Bonchev–Trinajstić information content (AvgIpc) is 3.69. The van der Waals surface area contributed by atoms with E-state index in [9.17, 15) is 5.11 Å². The molecule has 1 aromatic rings. The van der Waals surface area contributed by atoms with Gasteiger partial charge < -0.3 is 20.6 Å². The lowest BCUT2D eigenvalue weighted by Crippen LogP contribution is -2.43. The number of amides is 1. The van der Waals surface area contributed by atoms with Gasteiger partial charge in [-0.15, -0.1) is 13.2 Å². The van der Waals surface area contributed by atoms with Crippen LogP contribution in [0.2, 0.25) is 0 Å². The van der Waals surface area contributed by atoms with Crippen molar-refractivity contribution < 1.29 is 9.90 Å². The van der Waals surface area contributed by atoms with Crippen molar-refractivity contribution in [2.75, 3.05) is 27.7 Å². The van der Waals surface area contributed by atoms with Gasteiger partial charge in [-0.3, -0.25) is 14.7 Å². The van der Waals surface area contributed by atoms with Gasteiger partial charge in [0.15, 0.2) is 0 Å².